The van der Waals surface area contributed by atoms with Crippen molar-refractivity contribution in [3.8, 4) is 0 Å². The summed E-state index contributed by atoms with van der Waals surface area (Å²) in [6.07, 6.45) is 3.63. The molecule has 0 N–H and O–H groups in total. The van der Waals surface area contributed by atoms with Gasteiger partial charge in [-0.05, 0) is 35.9 Å². The molecule has 0 radical (unpaired) electrons. The molecule has 7 nitrogen and oxygen atoms in total. The number of hydrogen-bond acceptors (Lipinski definition) is 5. The number of furan rings is 1. The quantitative estimate of drug-likeness (QED) is 0.487. The van der Waals surface area contributed by atoms with E-state index < -0.39 is 6.04 Å². The first-order valence-corrected chi connectivity index (χ1v) is 10.1. The van der Waals surface area contributed by atoms with Gasteiger partial charge >= 0.3 is 0 Å². The predicted molar refractivity (Wildman–Crippen MR) is 117 cm³/mol. The van der Waals surface area contributed by atoms with E-state index in [1.807, 2.05) is 30.3 Å². The first-order chi connectivity index (χ1) is 15.1. The van der Waals surface area contributed by atoms with Crippen LogP contribution in [0, 0.1) is 0 Å². The van der Waals surface area contributed by atoms with Crippen molar-refractivity contribution < 1.29 is 9.21 Å². The molecule has 2 aromatic carbocycles. The lowest BCUT2D eigenvalue weighted by Crippen LogP contribution is -2.34. The largest absolute Gasteiger partial charge is 0.467 e. The fraction of sp³-hybridized carbons (Fsp3) is 0.130. The molecule has 4 aromatic rings. The van der Waals surface area contributed by atoms with Crippen molar-refractivity contribution in [3.63, 3.8) is 0 Å². The maximum atomic E-state index is 13.2. The highest BCUT2D eigenvalue weighted by molar-refractivity contribution is 6.30. The van der Waals surface area contributed by atoms with E-state index in [2.05, 4.69) is 10.2 Å². The molecule has 1 atom stereocenters. The van der Waals surface area contributed by atoms with Gasteiger partial charge in [0.05, 0.1) is 23.6 Å². The second-order valence-electron chi connectivity index (χ2n) is 7.22. The van der Waals surface area contributed by atoms with E-state index in [4.69, 9.17) is 16.0 Å². The highest BCUT2D eigenvalue weighted by atomic mass is 35.5. The number of halogens is 1. The summed E-state index contributed by atoms with van der Waals surface area (Å²) in [5.41, 5.74) is 1.30. The lowest BCUT2D eigenvalue weighted by Gasteiger charge is -2.20. The van der Waals surface area contributed by atoms with Crippen molar-refractivity contribution >= 4 is 34.0 Å². The van der Waals surface area contributed by atoms with E-state index in [9.17, 15) is 9.59 Å². The molecule has 1 aliphatic heterocycles. The van der Waals surface area contributed by atoms with Crippen molar-refractivity contribution in [1.82, 2.24) is 14.8 Å². The molecule has 0 fully saturated rings. The second-order valence-corrected chi connectivity index (χ2v) is 7.66. The zero-order valence-electron chi connectivity index (χ0n) is 16.3. The molecule has 0 spiro atoms. The number of benzene rings is 2. The van der Waals surface area contributed by atoms with Crippen LogP contribution in [0.15, 0.2) is 87.4 Å². The number of hydrazone groups is 1. The van der Waals surface area contributed by atoms with Gasteiger partial charge in [-0.15, -0.1) is 0 Å². The van der Waals surface area contributed by atoms with Gasteiger partial charge in [0.2, 0.25) is 0 Å². The van der Waals surface area contributed by atoms with Crippen molar-refractivity contribution in [1.29, 1.82) is 0 Å². The summed E-state index contributed by atoms with van der Waals surface area (Å²) in [5, 5.41) is 12.0. The summed E-state index contributed by atoms with van der Waals surface area (Å²) in [6, 6.07) is 17.6. The van der Waals surface area contributed by atoms with Gasteiger partial charge in [-0.25, -0.2) is 9.69 Å². The molecule has 154 valence electrons. The van der Waals surface area contributed by atoms with Gasteiger partial charge in [-0.3, -0.25) is 9.59 Å². The molecule has 31 heavy (non-hydrogen) atoms. The Morgan fingerprint density at radius 3 is 2.68 bits per heavy atom. The topological polar surface area (TPSA) is 80.7 Å². The minimum absolute atomic E-state index is 0.224. The number of hydrogen-bond donors (Lipinski definition) is 0. The molecule has 3 heterocycles. The Bertz CT molecular complexity index is 1340. The smallest absolute Gasteiger partial charge is 0.275 e. The second kappa shape index (κ2) is 7.85. The fourth-order valence-corrected chi connectivity index (χ4v) is 3.83. The summed E-state index contributed by atoms with van der Waals surface area (Å²) >= 11 is 6.00. The van der Waals surface area contributed by atoms with Crippen LogP contribution in [0.25, 0.3) is 10.8 Å². The zero-order chi connectivity index (χ0) is 21.4. The Labute approximate surface area is 182 Å². The highest BCUT2D eigenvalue weighted by Gasteiger charge is 2.35. The summed E-state index contributed by atoms with van der Waals surface area (Å²) < 4.78 is 6.73. The monoisotopic (exact) mass is 432 g/mol. The number of nitrogens with zero attached hydrogens (tertiary/aromatic N) is 4. The van der Waals surface area contributed by atoms with Crippen LogP contribution in [-0.2, 0) is 11.3 Å². The Balaban J connectivity index is 1.48. The van der Waals surface area contributed by atoms with Crippen LogP contribution >= 0.6 is 11.6 Å². The summed E-state index contributed by atoms with van der Waals surface area (Å²) in [5.74, 6) is 0.273. The average Bonchev–Trinajstić information content (AvgIpc) is 3.46. The number of aromatic nitrogens is 2. The molecule has 0 saturated heterocycles. The van der Waals surface area contributed by atoms with E-state index in [1.165, 1.54) is 9.69 Å². The predicted octanol–water partition coefficient (Wildman–Crippen LogP) is 4.02. The van der Waals surface area contributed by atoms with Crippen LogP contribution in [0.4, 0.5) is 0 Å². The molecule has 0 aliphatic carbocycles. The van der Waals surface area contributed by atoms with E-state index in [0.29, 0.717) is 22.6 Å². The Morgan fingerprint density at radius 2 is 1.90 bits per heavy atom. The van der Waals surface area contributed by atoms with Gasteiger partial charge in [0.25, 0.3) is 11.5 Å². The third kappa shape index (κ3) is 3.64. The van der Waals surface area contributed by atoms with Gasteiger partial charge < -0.3 is 4.42 Å². The normalized spacial score (nSPS) is 16.0. The Morgan fingerprint density at radius 1 is 1.10 bits per heavy atom. The van der Waals surface area contributed by atoms with E-state index in [-0.39, 0.29) is 18.0 Å². The van der Waals surface area contributed by atoms with Crippen molar-refractivity contribution in [3.05, 3.63) is 99.8 Å². The van der Waals surface area contributed by atoms with Gasteiger partial charge in [0, 0.05) is 16.8 Å². The summed E-state index contributed by atoms with van der Waals surface area (Å²) in [6.45, 7) is -0.224. The van der Waals surface area contributed by atoms with Gasteiger partial charge in [-0.2, -0.15) is 10.2 Å². The first kappa shape index (κ1) is 19.3. The van der Waals surface area contributed by atoms with E-state index in [0.717, 1.165) is 16.7 Å². The molecule has 0 saturated carbocycles. The minimum Gasteiger partial charge on any atom is -0.467 e. The summed E-state index contributed by atoms with van der Waals surface area (Å²) in [4.78, 5) is 26.0. The fourth-order valence-electron chi connectivity index (χ4n) is 3.70. The SMILES string of the molecule is O=C(Cn1ncc2ccccc2c1=O)N1N=C(c2ccc(Cl)cc2)C[C@H]1c1ccco1. The van der Waals surface area contributed by atoms with Crippen molar-refractivity contribution in [2.75, 3.05) is 0 Å². The molecule has 1 aliphatic rings. The molecule has 0 bridgehead atoms. The van der Waals surface area contributed by atoms with Crippen LogP contribution in [0.2, 0.25) is 5.02 Å². The van der Waals surface area contributed by atoms with Crippen molar-refractivity contribution in [2.45, 2.75) is 19.0 Å². The molecule has 2 aromatic heterocycles. The highest BCUT2D eigenvalue weighted by Crippen LogP contribution is 2.33. The molecule has 5 rings (SSSR count). The zero-order valence-corrected chi connectivity index (χ0v) is 17.1. The van der Waals surface area contributed by atoms with E-state index >= 15 is 0 Å². The minimum atomic E-state index is -0.399. The maximum absolute atomic E-state index is 13.2. The van der Waals surface area contributed by atoms with Crippen LogP contribution < -0.4 is 5.56 Å². The van der Waals surface area contributed by atoms with Crippen LogP contribution in [0.3, 0.4) is 0 Å². The van der Waals surface area contributed by atoms with Crippen LogP contribution in [0.5, 0.6) is 0 Å². The Kier molecular flexibility index (Phi) is 4.88. The third-order valence-electron chi connectivity index (χ3n) is 5.26. The van der Waals surface area contributed by atoms with Crippen LogP contribution in [-0.4, -0.2) is 26.4 Å². The molecular weight excluding hydrogens is 416 g/mol. The third-order valence-corrected chi connectivity index (χ3v) is 5.51. The number of carbonyl (C=O) groups excluding carboxylic acids is 1. The lowest BCUT2D eigenvalue weighted by molar-refractivity contribution is -0.134. The standard InChI is InChI=1S/C23H17ClN4O3/c24-17-9-7-15(8-10-17)19-12-20(21-6-3-11-31-21)28(26-19)22(29)14-27-23(30)18-5-2-1-4-16(18)13-25-27/h1-11,13,20H,12,14H2/t20-/m0/s1. The molecular formula is C23H17ClN4O3. The molecule has 0 unspecified atom stereocenters. The van der Waals surface area contributed by atoms with Gasteiger partial charge in [0.1, 0.15) is 18.3 Å². The number of rotatable bonds is 4. The first-order valence-electron chi connectivity index (χ1n) is 9.74. The molecule has 1 amide bonds. The maximum Gasteiger partial charge on any atom is 0.275 e. The van der Waals surface area contributed by atoms with Crippen LogP contribution in [0.1, 0.15) is 23.8 Å². The summed E-state index contributed by atoms with van der Waals surface area (Å²) in [7, 11) is 0. The van der Waals surface area contributed by atoms with Crippen molar-refractivity contribution in [2.24, 2.45) is 5.10 Å². The number of fused-ring (bicyclic) bond motifs is 1. The van der Waals surface area contributed by atoms with E-state index in [1.54, 1.807) is 42.8 Å². The van der Waals surface area contributed by atoms with Gasteiger partial charge in [-0.1, -0.05) is 41.9 Å². The van der Waals surface area contributed by atoms with Gasteiger partial charge in [0.15, 0.2) is 0 Å². The number of amides is 1. The lowest BCUT2D eigenvalue weighted by atomic mass is 10.0. The average molecular weight is 433 g/mol. The number of carbonyl (C=O) groups is 1. The molecule has 8 heteroatoms. The Hall–Kier alpha value is -3.71.